The van der Waals surface area contributed by atoms with E-state index < -0.39 is 0 Å². The summed E-state index contributed by atoms with van der Waals surface area (Å²) in [5.41, 5.74) is 1.57. The summed E-state index contributed by atoms with van der Waals surface area (Å²) < 4.78 is 0. The summed E-state index contributed by atoms with van der Waals surface area (Å²) in [5, 5.41) is 11.6. The van der Waals surface area contributed by atoms with Crippen LogP contribution in [-0.2, 0) is 11.3 Å². The predicted molar refractivity (Wildman–Crippen MR) is 81.8 cm³/mol. The molecule has 2 amide bonds. The van der Waals surface area contributed by atoms with Gasteiger partial charge >= 0.3 is 0 Å². The number of hydrogen-bond donors (Lipinski definition) is 2. The van der Waals surface area contributed by atoms with Crippen LogP contribution in [-0.4, -0.2) is 41.0 Å². The first-order chi connectivity index (χ1) is 9.95. The maximum absolute atomic E-state index is 12.4. The molecule has 2 N–H and O–H groups in total. The van der Waals surface area contributed by atoms with Crippen molar-refractivity contribution in [3.63, 3.8) is 0 Å². The predicted octanol–water partition coefficient (Wildman–Crippen LogP) is 1.56. The summed E-state index contributed by atoms with van der Waals surface area (Å²) in [6.45, 7) is 6.47. The van der Waals surface area contributed by atoms with Gasteiger partial charge in [-0.05, 0) is 38.0 Å². The van der Waals surface area contributed by atoms with E-state index in [1.165, 1.54) is 6.92 Å². The fourth-order valence-corrected chi connectivity index (χ4v) is 1.99. The second-order valence-corrected chi connectivity index (χ2v) is 5.28. The van der Waals surface area contributed by atoms with Crippen LogP contribution in [0.3, 0.4) is 0 Å². The van der Waals surface area contributed by atoms with Crippen molar-refractivity contribution in [3.05, 3.63) is 35.4 Å². The number of nitrogens with zero attached hydrogens (tertiary/aromatic N) is 1. The van der Waals surface area contributed by atoms with Crippen molar-refractivity contribution in [3.8, 4) is 0 Å². The SMILES string of the molecule is CC(=O)NCc1ccc(C(=O)N(CCCO)C(C)C)cc1. The van der Waals surface area contributed by atoms with Gasteiger partial charge in [-0.25, -0.2) is 0 Å². The summed E-state index contributed by atoms with van der Waals surface area (Å²) >= 11 is 0. The molecule has 0 fully saturated rings. The van der Waals surface area contributed by atoms with E-state index in [1.807, 2.05) is 26.0 Å². The van der Waals surface area contributed by atoms with Crippen molar-refractivity contribution >= 4 is 11.8 Å². The molecule has 0 aliphatic heterocycles. The lowest BCUT2D eigenvalue weighted by Gasteiger charge is -2.26. The highest BCUT2D eigenvalue weighted by Crippen LogP contribution is 2.11. The highest BCUT2D eigenvalue weighted by atomic mass is 16.3. The largest absolute Gasteiger partial charge is 0.396 e. The van der Waals surface area contributed by atoms with E-state index in [4.69, 9.17) is 5.11 Å². The number of hydrogen-bond acceptors (Lipinski definition) is 3. The van der Waals surface area contributed by atoms with Gasteiger partial charge in [-0.3, -0.25) is 9.59 Å². The van der Waals surface area contributed by atoms with Crippen LogP contribution in [0.25, 0.3) is 0 Å². The van der Waals surface area contributed by atoms with Gasteiger partial charge in [0.25, 0.3) is 5.91 Å². The zero-order chi connectivity index (χ0) is 15.8. The third-order valence-corrected chi connectivity index (χ3v) is 3.18. The van der Waals surface area contributed by atoms with E-state index in [1.54, 1.807) is 17.0 Å². The van der Waals surface area contributed by atoms with Crippen LogP contribution in [0.5, 0.6) is 0 Å². The standard InChI is InChI=1S/C16H24N2O3/c1-12(2)18(9-4-10-19)16(21)15-7-5-14(6-8-15)11-17-13(3)20/h5-8,12,19H,4,9-11H2,1-3H3,(H,17,20). The van der Waals surface area contributed by atoms with Gasteiger partial charge in [-0.15, -0.1) is 0 Å². The van der Waals surface area contributed by atoms with E-state index in [0.29, 0.717) is 25.1 Å². The van der Waals surface area contributed by atoms with Crippen LogP contribution < -0.4 is 5.32 Å². The monoisotopic (exact) mass is 292 g/mol. The number of carbonyl (C=O) groups is 2. The number of rotatable bonds is 7. The van der Waals surface area contributed by atoms with Gasteiger partial charge in [0.2, 0.25) is 5.91 Å². The van der Waals surface area contributed by atoms with Crippen molar-refractivity contribution in [2.24, 2.45) is 0 Å². The van der Waals surface area contributed by atoms with Crippen LogP contribution in [0.4, 0.5) is 0 Å². The Morgan fingerprint density at radius 3 is 2.33 bits per heavy atom. The third kappa shape index (κ3) is 5.55. The molecule has 1 aromatic rings. The van der Waals surface area contributed by atoms with Gasteiger partial charge < -0.3 is 15.3 Å². The van der Waals surface area contributed by atoms with Crippen molar-refractivity contribution in [2.45, 2.75) is 39.8 Å². The highest BCUT2D eigenvalue weighted by molar-refractivity contribution is 5.94. The molecule has 0 aromatic heterocycles. The second kappa shape index (κ2) is 8.42. The van der Waals surface area contributed by atoms with Gasteiger partial charge in [0, 0.05) is 38.2 Å². The van der Waals surface area contributed by atoms with Crippen LogP contribution in [0, 0.1) is 0 Å². The average Bonchev–Trinajstić information content (AvgIpc) is 2.45. The summed E-state index contributed by atoms with van der Waals surface area (Å²) in [6.07, 6.45) is 0.574. The second-order valence-electron chi connectivity index (χ2n) is 5.28. The Labute approximate surface area is 126 Å². The van der Waals surface area contributed by atoms with Gasteiger partial charge in [-0.2, -0.15) is 0 Å². The average molecular weight is 292 g/mol. The minimum atomic E-state index is -0.0786. The molecule has 0 aliphatic carbocycles. The van der Waals surface area contributed by atoms with Crippen LogP contribution in [0.2, 0.25) is 0 Å². The molecule has 0 saturated carbocycles. The van der Waals surface area contributed by atoms with E-state index >= 15 is 0 Å². The lowest BCUT2D eigenvalue weighted by atomic mass is 10.1. The van der Waals surface area contributed by atoms with Crippen molar-refractivity contribution < 1.29 is 14.7 Å². The number of nitrogens with one attached hydrogen (secondary N) is 1. The third-order valence-electron chi connectivity index (χ3n) is 3.18. The first-order valence-electron chi connectivity index (χ1n) is 7.21. The van der Waals surface area contributed by atoms with Crippen LogP contribution in [0.1, 0.15) is 43.1 Å². The van der Waals surface area contributed by atoms with Gasteiger partial charge in [0.05, 0.1) is 0 Å². The molecule has 0 radical (unpaired) electrons. The Balaban J connectivity index is 2.74. The topological polar surface area (TPSA) is 69.6 Å². The molecule has 1 aromatic carbocycles. The molecule has 0 aliphatic rings. The number of benzene rings is 1. The quantitative estimate of drug-likeness (QED) is 0.801. The van der Waals surface area contributed by atoms with E-state index in [2.05, 4.69) is 5.32 Å². The highest BCUT2D eigenvalue weighted by Gasteiger charge is 2.18. The van der Waals surface area contributed by atoms with Crippen molar-refractivity contribution in [2.75, 3.05) is 13.2 Å². The number of aliphatic hydroxyl groups is 1. The smallest absolute Gasteiger partial charge is 0.254 e. The molecule has 5 nitrogen and oxygen atoms in total. The Hall–Kier alpha value is -1.88. The number of carbonyl (C=O) groups excluding carboxylic acids is 2. The van der Waals surface area contributed by atoms with E-state index in [0.717, 1.165) is 5.56 Å². The lowest BCUT2D eigenvalue weighted by Crippen LogP contribution is -2.38. The molecule has 0 atom stereocenters. The van der Waals surface area contributed by atoms with Crippen molar-refractivity contribution in [1.82, 2.24) is 10.2 Å². The van der Waals surface area contributed by atoms with Gasteiger partial charge in [0.15, 0.2) is 0 Å². The minimum absolute atomic E-state index is 0.0375. The Kier molecular flexibility index (Phi) is 6.88. The molecule has 116 valence electrons. The maximum atomic E-state index is 12.4. The number of amides is 2. The molecule has 0 heterocycles. The van der Waals surface area contributed by atoms with E-state index in [9.17, 15) is 9.59 Å². The molecule has 0 spiro atoms. The summed E-state index contributed by atoms with van der Waals surface area (Å²) in [5.74, 6) is -0.116. The Morgan fingerprint density at radius 2 is 1.86 bits per heavy atom. The molecule has 5 heteroatoms. The van der Waals surface area contributed by atoms with Crippen LogP contribution >= 0.6 is 0 Å². The molecular weight excluding hydrogens is 268 g/mol. The Morgan fingerprint density at radius 1 is 1.24 bits per heavy atom. The lowest BCUT2D eigenvalue weighted by molar-refractivity contribution is -0.119. The van der Waals surface area contributed by atoms with Crippen molar-refractivity contribution in [1.29, 1.82) is 0 Å². The molecule has 0 saturated heterocycles. The molecule has 1 rings (SSSR count). The summed E-state index contributed by atoms with van der Waals surface area (Å²) in [4.78, 5) is 25.1. The molecule has 21 heavy (non-hydrogen) atoms. The summed E-state index contributed by atoms with van der Waals surface area (Å²) in [6, 6.07) is 7.31. The molecular formula is C16H24N2O3. The fourth-order valence-electron chi connectivity index (χ4n) is 1.99. The van der Waals surface area contributed by atoms with Gasteiger partial charge in [-0.1, -0.05) is 12.1 Å². The number of aliphatic hydroxyl groups excluding tert-OH is 1. The van der Waals surface area contributed by atoms with Crippen LogP contribution in [0.15, 0.2) is 24.3 Å². The normalized spacial score (nSPS) is 10.5. The first-order valence-corrected chi connectivity index (χ1v) is 7.21. The Bertz CT molecular complexity index is 469. The van der Waals surface area contributed by atoms with E-state index in [-0.39, 0.29) is 24.5 Å². The molecule has 0 unspecified atom stereocenters. The maximum Gasteiger partial charge on any atom is 0.254 e. The zero-order valence-corrected chi connectivity index (χ0v) is 12.9. The first kappa shape index (κ1) is 17.2. The summed E-state index contributed by atoms with van der Waals surface area (Å²) in [7, 11) is 0. The molecule has 0 bridgehead atoms. The fraction of sp³-hybridized carbons (Fsp3) is 0.500. The minimum Gasteiger partial charge on any atom is -0.396 e. The zero-order valence-electron chi connectivity index (χ0n) is 12.9. The van der Waals surface area contributed by atoms with Gasteiger partial charge in [0.1, 0.15) is 0 Å².